The molecule has 2 saturated heterocycles. The summed E-state index contributed by atoms with van der Waals surface area (Å²) in [6.07, 6.45) is 2.85. The van der Waals surface area contributed by atoms with E-state index in [1.54, 1.807) is 7.11 Å². The van der Waals surface area contributed by atoms with Gasteiger partial charge in [0.1, 0.15) is 11.9 Å². The van der Waals surface area contributed by atoms with Gasteiger partial charge in [0.15, 0.2) is 0 Å². The molecule has 2 aliphatic rings. The van der Waals surface area contributed by atoms with Gasteiger partial charge in [-0.2, -0.15) is 0 Å². The summed E-state index contributed by atoms with van der Waals surface area (Å²) in [6.45, 7) is 2.45. The molecular formula is C20H30N4O4. The van der Waals surface area contributed by atoms with Crippen molar-refractivity contribution in [3.05, 3.63) is 29.8 Å². The van der Waals surface area contributed by atoms with E-state index in [0.29, 0.717) is 13.1 Å². The first-order valence-corrected chi connectivity index (χ1v) is 9.97. The van der Waals surface area contributed by atoms with E-state index in [2.05, 4.69) is 21.3 Å². The second-order valence-corrected chi connectivity index (χ2v) is 7.21. The Kier molecular flexibility index (Phi) is 7.50. The summed E-state index contributed by atoms with van der Waals surface area (Å²) >= 11 is 0. The van der Waals surface area contributed by atoms with E-state index < -0.39 is 6.09 Å². The molecule has 0 aliphatic carbocycles. The first-order chi connectivity index (χ1) is 13.7. The molecule has 2 heterocycles. The number of ether oxygens (including phenoxy) is 2. The summed E-state index contributed by atoms with van der Waals surface area (Å²) in [6, 6.07) is 7.91. The Morgan fingerprint density at radius 2 is 1.86 bits per heavy atom. The van der Waals surface area contributed by atoms with E-state index in [0.717, 1.165) is 50.1 Å². The van der Waals surface area contributed by atoms with Crippen LogP contribution in [0.4, 0.5) is 4.79 Å². The highest BCUT2D eigenvalue weighted by Crippen LogP contribution is 2.18. The molecule has 0 bridgehead atoms. The van der Waals surface area contributed by atoms with Gasteiger partial charge in [-0.05, 0) is 56.5 Å². The number of carbonyl (C=O) groups excluding carboxylic acids is 2. The molecule has 8 nitrogen and oxygen atoms in total. The lowest BCUT2D eigenvalue weighted by molar-refractivity contribution is -0.122. The van der Waals surface area contributed by atoms with Crippen molar-refractivity contribution in [1.82, 2.24) is 21.3 Å². The SMILES string of the molecule is COc1ccc(C[C@H]2NCC[C@H]2OC(=O)NCCNC(=O)[C@@H]2CCCN2)cc1. The number of hydrogen-bond acceptors (Lipinski definition) is 6. The molecule has 1 aromatic carbocycles. The third-order valence-electron chi connectivity index (χ3n) is 5.23. The maximum absolute atomic E-state index is 12.1. The van der Waals surface area contributed by atoms with Crippen molar-refractivity contribution in [2.24, 2.45) is 0 Å². The maximum atomic E-state index is 12.1. The molecule has 154 valence electrons. The van der Waals surface area contributed by atoms with Crippen LogP contribution in [0.5, 0.6) is 5.75 Å². The Hall–Kier alpha value is -2.32. The minimum Gasteiger partial charge on any atom is -0.497 e. The van der Waals surface area contributed by atoms with Crippen LogP contribution in [-0.4, -0.2) is 63.5 Å². The van der Waals surface area contributed by atoms with Crippen molar-refractivity contribution >= 4 is 12.0 Å². The Morgan fingerprint density at radius 3 is 2.57 bits per heavy atom. The molecule has 2 fully saturated rings. The highest BCUT2D eigenvalue weighted by Gasteiger charge is 2.30. The fraction of sp³-hybridized carbons (Fsp3) is 0.600. The quantitative estimate of drug-likeness (QED) is 0.484. The van der Waals surface area contributed by atoms with Gasteiger partial charge in [-0.15, -0.1) is 0 Å². The van der Waals surface area contributed by atoms with Gasteiger partial charge in [-0.1, -0.05) is 12.1 Å². The predicted octanol–water partition coefficient (Wildman–Crippen LogP) is 0.563. The third-order valence-corrected chi connectivity index (χ3v) is 5.23. The zero-order valence-electron chi connectivity index (χ0n) is 16.3. The molecule has 0 aromatic heterocycles. The van der Waals surface area contributed by atoms with Crippen molar-refractivity contribution in [2.75, 3.05) is 33.3 Å². The molecule has 2 aliphatic heterocycles. The van der Waals surface area contributed by atoms with Gasteiger partial charge < -0.3 is 30.7 Å². The van der Waals surface area contributed by atoms with Crippen molar-refractivity contribution in [3.63, 3.8) is 0 Å². The van der Waals surface area contributed by atoms with E-state index >= 15 is 0 Å². The summed E-state index contributed by atoms with van der Waals surface area (Å²) in [7, 11) is 1.65. The van der Waals surface area contributed by atoms with Crippen molar-refractivity contribution in [1.29, 1.82) is 0 Å². The number of methoxy groups -OCH3 is 1. The molecule has 4 N–H and O–H groups in total. The zero-order valence-corrected chi connectivity index (χ0v) is 16.3. The first-order valence-electron chi connectivity index (χ1n) is 9.97. The number of amides is 2. The van der Waals surface area contributed by atoms with Gasteiger partial charge in [-0.3, -0.25) is 4.79 Å². The standard InChI is InChI=1S/C20H30N4O4/c1-27-15-6-4-14(5-7-15)13-17-18(8-10-22-17)28-20(26)24-12-11-23-19(25)16-3-2-9-21-16/h4-7,16-18,21-22H,2-3,8-13H2,1H3,(H,23,25)(H,24,26)/t16-,17+,18+/m0/s1. The largest absolute Gasteiger partial charge is 0.497 e. The van der Waals surface area contributed by atoms with Crippen molar-refractivity contribution in [3.8, 4) is 5.75 Å². The minimum absolute atomic E-state index is 0.00721. The number of alkyl carbamates (subject to hydrolysis) is 1. The number of nitrogens with one attached hydrogen (secondary N) is 4. The van der Waals surface area contributed by atoms with Crippen LogP contribution in [0.25, 0.3) is 0 Å². The molecule has 2 amide bonds. The average molecular weight is 390 g/mol. The number of hydrogen-bond donors (Lipinski definition) is 4. The number of benzene rings is 1. The van der Waals surface area contributed by atoms with Crippen LogP contribution >= 0.6 is 0 Å². The average Bonchev–Trinajstić information content (AvgIpc) is 3.38. The highest BCUT2D eigenvalue weighted by atomic mass is 16.6. The van der Waals surface area contributed by atoms with Gasteiger partial charge in [0.25, 0.3) is 0 Å². The lowest BCUT2D eigenvalue weighted by atomic mass is 10.0. The molecule has 3 atom stereocenters. The summed E-state index contributed by atoms with van der Waals surface area (Å²) in [4.78, 5) is 24.0. The summed E-state index contributed by atoms with van der Waals surface area (Å²) in [5, 5.41) is 12.1. The summed E-state index contributed by atoms with van der Waals surface area (Å²) in [5.41, 5.74) is 1.16. The van der Waals surface area contributed by atoms with Gasteiger partial charge in [-0.25, -0.2) is 4.79 Å². The van der Waals surface area contributed by atoms with Crippen LogP contribution in [0.15, 0.2) is 24.3 Å². The first kappa shape index (κ1) is 20.4. The molecule has 8 heteroatoms. The van der Waals surface area contributed by atoms with E-state index in [1.807, 2.05) is 24.3 Å². The molecule has 0 unspecified atom stereocenters. The van der Waals surface area contributed by atoms with Gasteiger partial charge in [0.05, 0.1) is 13.2 Å². The molecule has 3 rings (SSSR count). The lowest BCUT2D eigenvalue weighted by Crippen LogP contribution is -2.44. The van der Waals surface area contributed by atoms with Gasteiger partial charge in [0.2, 0.25) is 5.91 Å². The Bertz CT molecular complexity index is 646. The summed E-state index contributed by atoms with van der Waals surface area (Å²) < 4.78 is 10.8. The van der Waals surface area contributed by atoms with Gasteiger partial charge in [0, 0.05) is 19.1 Å². The van der Waals surface area contributed by atoms with Crippen LogP contribution in [0.2, 0.25) is 0 Å². The normalized spacial score (nSPS) is 24.0. The Labute approximate surface area is 165 Å². The van der Waals surface area contributed by atoms with E-state index in [1.165, 1.54) is 0 Å². The monoisotopic (exact) mass is 390 g/mol. The van der Waals surface area contributed by atoms with E-state index in [9.17, 15) is 9.59 Å². The zero-order chi connectivity index (χ0) is 19.8. The van der Waals surface area contributed by atoms with Crippen LogP contribution in [0.1, 0.15) is 24.8 Å². The molecule has 0 radical (unpaired) electrons. The number of rotatable bonds is 8. The van der Waals surface area contributed by atoms with Crippen molar-refractivity contribution < 1.29 is 19.1 Å². The van der Waals surface area contributed by atoms with E-state index in [4.69, 9.17) is 9.47 Å². The van der Waals surface area contributed by atoms with E-state index in [-0.39, 0.29) is 24.1 Å². The third kappa shape index (κ3) is 5.84. The fourth-order valence-electron chi connectivity index (χ4n) is 3.66. The number of carbonyl (C=O) groups is 2. The molecule has 0 spiro atoms. The highest BCUT2D eigenvalue weighted by molar-refractivity contribution is 5.82. The smallest absolute Gasteiger partial charge is 0.407 e. The molecular weight excluding hydrogens is 360 g/mol. The Balaban J connectivity index is 1.35. The second kappa shape index (κ2) is 10.3. The van der Waals surface area contributed by atoms with Crippen LogP contribution < -0.4 is 26.0 Å². The molecule has 0 saturated carbocycles. The minimum atomic E-state index is -0.443. The summed E-state index contributed by atoms with van der Waals surface area (Å²) in [5.74, 6) is 0.818. The van der Waals surface area contributed by atoms with Crippen LogP contribution in [0.3, 0.4) is 0 Å². The Morgan fingerprint density at radius 1 is 1.07 bits per heavy atom. The van der Waals surface area contributed by atoms with Crippen LogP contribution in [-0.2, 0) is 16.0 Å². The predicted molar refractivity (Wildman–Crippen MR) is 105 cm³/mol. The van der Waals surface area contributed by atoms with Crippen LogP contribution in [0, 0.1) is 0 Å². The molecule has 28 heavy (non-hydrogen) atoms. The maximum Gasteiger partial charge on any atom is 0.407 e. The van der Waals surface area contributed by atoms with Gasteiger partial charge >= 0.3 is 6.09 Å². The topological polar surface area (TPSA) is 101 Å². The van der Waals surface area contributed by atoms with Crippen molar-refractivity contribution in [2.45, 2.75) is 43.9 Å². The second-order valence-electron chi connectivity index (χ2n) is 7.21. The lowest BCUT2D eigenvalue weighted by Gasteiger charge is -2.20. The molecule has 1 aromatic rings. The fourth-order valence-corrected chi connectivity index (χ4v) is 3.66.